The van der Waals surface area contributed by atoms with E-state index < -0.39 is 0 Å². The number of nitrogens with zero attached hydrogens (tertiary/aromatic N) is 2. The predicted octanol–water partition coefficient (Wildman–Crippen LogP) is 2.98. The Morgan fingerprint density at radius 2 is 2.00 bits per heavy atom. The summed E-state index contributed by atoms with van der Waals surface area (Å²) in [7, 11) is 6.06. The molecule has 3 nitrogen and oxygen atoms in total. The molecule has 0 amide bonds. The van der Waals surface area contributed by atoms with Gasteiger partial charge in [0.05, 0.1) is 11.6 Å². The van der Waals surface area contributed by atoms with Crippen LogP contribution in [0.25, 0.3) is 0 Å². The molecular weight excluding hydrogens is 304 g/mol. The predicted molar refractivity (Wildman–Crippen MR) is 82.7 cm³/mol. The summed E-state index contributed by atoms with van der Waals surface area (Å²) in [4.78, 5) is 4.88. The Balaban J connectivity index is 1.90. The van der Waals surface area contributed by atoms with E-state index in [0.29, 0.717) is 0 Å². The molecule has 0 aromatic heterocycles. The number of likely N-dealkylation sites (tertiary alicyclic amines) is 1. The van der Waals surface area contributed by atoms with E-state index in [1.54, 1.807) is 7.11 Å². The van der Waals surface area contributed by atoms with Gasteiger partial charge in [-0.05, 0) is 73.7 Å². The first-order valence-electron chi connectivity index (χ1n) is 6.81. The third-order valence-corrected chi connectivity index (χ3v) is 4.53. The second kappa shape index (κ2) is 6.73. The molecule has 0 unspecified atom stereocenters. The summed E-state index contributed by atoms with van der Waals surface area (Å²) in [6, 6.07) is 7.10. The number of halogens is 1. The lowest BCUT2D eigenvalue weighted by Gasteiger charge is -2.35. The minimum absolute atomic E-state index is 0.749. The van der Waals surface area contributed by atoms with Gasteiger partial charge >= 0.3 is 0 Å². The number of methoxy groups -OCH3 is 1. The van der Waals surface area contributed by atoms with Crippen molar-refractivity contribution in [2.24, 2.45) is 0 Å². The maximum Gasteiger partial charge on any atom is 0.133 e. The molecule has 0 saturated carbocycles. The molecule has 0 radical (unpaired) electrons. The molecule has 1 aliphatic heterocycles. The van der Waals surface area contributed by atoms with Gasteiger partial charge in [-0.15, -0.1) is 0 Å². The molecule has 2 rings (SSSR count). The fourth-order valence-corrected chi connectivity index (χ4v) is 3.25. The molecule has 4 heteroatoms. The maximum atomic E-state index is 5.26. The van der Waals surface area contributed by atoms with Crippen LogP contribution in [-0.2, 0) is 6.54 Å². The summed E-state index contributed by atoms with van der Waals surface area (Å²) in [5.74, 6) is 0.898. The molecule has 1 aliphatic rings. The van der Waals surface area contributed by atoms with Crippen LogP contribution in [0.3, 0.4) is 0 Å². The number of hydrogen-bond donors (Lipinski definition) is 0. The van der Waals surface area contributed by atoms with E-state index in [9.17, 15) is 0 Å². The number of ether oxygens (including phenoxy) is 1. The van der Waals surface area contributed by atoms with E-state index >= 15 is 0 Å². The van der Waals surface area contributed by atoms with Crippen molar-refractivity contribution >= 4 is 15.9 Å². The lowest BCUT2D eigenvalue weighted by atomic mass is 10.0. The quantitative estimate of drug-likeness (QED) is 0.846. The summed E-state index contributed by atoms with van der Waals surface area (Å²) in [5.41, 5.74) is 1.34. The highest BCUT2D eigenvalue weighted by Gasteiger charge is 2.20. The fraction of sp³-hybridized carbons (Fsp3) is 0.600. The average molecular weight is 327 g/mol. The first kappa shape index (κ1) is 14.8. The number of rotatable bonds is 4. The van der Waals surface area contributed by atoms with Crippen LogP contribution in [0.2, 0.25) is 0 Å². The van der Waals surface area contributed by atoms with E-state index in [0.717, 1.165) is 22.8 Å². The largest absolute Gasteiger partial charge is 0.496 e. The van der Waals surface area contributed by atoms with Crippen LogP contribution >= 0.6 is 15.9 Å². The smallest absolute Gasteiger partial charge is 0.133 e. The zero-order valence-electron chi connectivity index (χ0n) is 12.0. The highest BCUT2D eigenvalue weighted by atomic mass is 79.9. The monoisotopic (exact) mass is 326 g/mol. The summed E-state index contributed by atoms with van der Waals surface area (Å²) in [6.45, 7) is 3.40. The minimum Gasteiger partial charge on any atom is -0.496 e. The standard InChI is InChI=1S/C15H23BrN2O/c1-17(2)13-6-8-18(9-7-13)11-12-4-5-15(19-3)14(16)10-12/h4-5,10,13H,6-9,11H2,1-3H3. The van der Waals surface area contributed by atoms with Crippen LogP contribution in [0.1, 0.15) is 18.4 Å². The molecule has 0 aliphatic carbocycles. The first-order chi connectivity index (χ1) is 9.10. The van der Waals surface area contributed by atoms with Crippen LogP contribution in [0.15, 0.2) is 22.7 Å². The Kier molecular flexibility index (Phi) is 5.25. The SMILES string of the molecule is COc1ccc(CN2CCC(N(C)C)CC2)cc1Br. The van der Waals surface area contributed by atoms with Gasteiger partial charge in [0.1, 0.15) is 5.75 Å². The Bertz CT molecular complexity index is 415. The van der Waals surface area contributed by atoms with Gasteiger partial charge in [-0.1, -0.05) is 6.07 Å². The van der Waals surface area contributed by atoms with Gasteiger partial charge in [-0.2, -0.15) is 0 Å². The average Bonchev–Trinajstić information content (AvgIpc) is 2.39. The van der Waals surface area contributed by atoms with Crippen molar-refractivity contribution in [3.63, 3.8) is 0 Å². The Hall–Kier alpha value is -0.580. The van der Waals surface area contributed by atoms with E-state index in [1.807, 2.05) is 6.07 Å². The number of piperidine rings is 1. The molecule has 1 aromatic carbocycles. The van der Waals surface area contributed by atoms with Crippen LogP contribution in [0.5, 0.6) is 5.75 Å². The first-order valence-corrected chi connectivity index (χ1v) is 7.60. The van der Waals surface area contributed by atoms with Gasteiger partial charge < -0.3 is 9.64 Å². The Morgan fingerprint density at radius 3 is 2.53 bits per heavy atom. The molecule has 0 N–H and O–H groups in total. The van der Waals surface area contributed by atoms with Gasteiger partial charge in [0.2, 0.25) is 0 Å². The van der Waals surface area contributed by atoms with Crippen LogP contribution < -0.4 is 4.74 Å². The van der Waals surface area contributed by atoms with E-state index in [2.05, 4.69) is 52.0 Å². The molecule has 1 heterocycles. The highest BCUT2D eigenvalue weighted by molar-refractivity contribution is 9.10. The fourth-order valence-electron chi connectivity index (χ4n) is 2.66. The lowest BCUT2D eigenvalue weighted by Crippen LogP contribution is -2.41. The topological polar surface area (TPSA) is 15.7 Å². The maximum absolute atomic E-state index is 5.26. The van der Waals surface area contributed by atoms with Crippen molar-refractivity contribution < 1.29 is 4.74 Å². The van der Waals surface area contributed by atoms with Crippen molar-refractivity contribution in [1.82, 2.24) is 9.80 Å². The van der Waals surface area contributed by atoms with E-state index in [-0.39, 0.29) is 0 Å². The molecule has 0 bridgehead atoms. The van der Waals surface area contributed by atoms with Crippen LogP contribution in [0.4, 0.5) is 0 Å². The van der Waals surface area contributed by atoms with Crippen LogP contribution in [0, 0.1) is 0 Å². The van der Waals surface area contributed by atoms with Crippen LogP contribution in [-0.4, -0.2) is 50.1 Å². The Labute approximate surface area is 124 Å². The van der Waals surface area contributed by atoms with Crippen molar-refractivity contribution in [2.75, 3.05) is 34.3 Å². The zero-order valence-corrected chi connectivity index (χ0v) is 13.6. The molecular formula is C15H23BrN2O. The normalized spacial score (nSPS) is 17.9. The number of hydrogen-bond acceptors (Lipinski definition) is 3. The summed E-state index contributed by atoms with van der Waals surface area (Å²) in [5, 5.41) is 0. The van der Waals surface area contributed by atoms with E-state index in [4.69, 9.17) is 4.74 Å². The molecule has 1 saturated heterocycles. The minimum atomic E-state index is 0.749. The third-order valence-electron chi connectivity index (χ3n) is 3.91. The van der Waals surface area contributed by atoms with Crippen molar-refractivity contribution in [2.45, 2.75) is 25.4 Å². The molecule has 19 heavy (non-hydrogen) atoms. The van der Waals surface area contributed by atoms with Gasteiger partial charge in [0.15, 0.2) is 0 Å². The molecule has 1 fully saturated rings. The highest BCUT2D eigenvalue weighted by Crippen LogP contribution is 2.26. The van der Waals surface area contributed by atoms with Gasteiger partial charge in [-0.3, -0.25) is 4.90 Å². The molecule has 0 spiro atoms. The molecule has 106 valence electrons. The lowest BCUT2D eigenvalue weighted by molar-refractivity contribution is 0.140. The Morgan fingerprint density at radius 1 is 1.32 bits per heavy atom. The number of benzene rings is 1. The third kappa shape index (κ3) is 3.94. The summed E-state index contributed by atoms with van der Waals surface area (Å²) in [6.07, 6.45) is 2.54. The van der Waals surface area contributed by atoms with E-state index in [1.165, 1.54) is 31.5 Å². The molecule has 0 atom stereocenters. The second-order valence-electron chi connectivity index (χ2n) is 5.44. The summed E-state index contributed by atoms with van der Waals surface area (Å²) >= 11 is 3.55. The van der Waals surface area contributed by atoms with Gasteiger partial charge in [0.25, 0.3) is 0 Å². The summed E-state index contributed by atoms with van der Waals surface area (Å²) < 4.78 is 6.30. The van der Waals surface area contributed by atoms with Crippen molar-refractivity contribution in [3.05, 3.63) is 28.2 Å². The second-order valence-corrected chi connectivity index (χ2v) is 6.29. The van der Waals surface area contributed by atoms with Gasteiger partial charge in [-0.25, -0.2) is 0 Å². The zero-order chi connectivity index (χ0) is 13.8. The van der Waals surface area contributed by atoms with Crippen molar-refractivity contribution in [1.29, 1.82) is 0 Å². The molecule has 1 aromatic rings. The van der Waals surface area contributed by atoms with Gasteiger partial charge in [0, 0.05) is 12.6 Å². The van der Waals surface area contributed by atoms with Crippen molar-refractivity contribution in [3.8, 4) is 5.75 Å².